The highest BCUT2D eigenvalue weighted by molar-refractivity contribution is 5.87. The van der Waals surface area contributed by atoms with Crippen LogP contribution in [0.3, 0.4) is 0 Å². The predicted octanol–water partition coefficient (Wildman–Crippen LogP) is 9.16. The fraction of sp³-hybridized carbons (Fsp3) is 0.143. The van der Waals surface area contributed by atoms with Gasteiger partial charge in [-0.3, -0.25) is 4.90 Å². The average Bonchev–Trinajstić information content (AvgIpc) is 3.57. The van der Waals surface area contributed by atoms with Crippen LogP contribution in [0.5, 0.6) is 0 Å². The van der Waals surface area contributed by atoms with E-state index in [1.165, 1.54) is 77.9 Å². The minimum Gasteiger partial charge on any atom is -0.298 e. The Morgan fingerprint density at radius 3 is 1.84 bits per heavy atom. The first-order valence-corrected chi connectivity index (χ1v) is 15.5. The van der Waals surface area contributed by atoms with Crippen LogP contribution in [0.4, 0.5) is 0 Å². The zero-order valence-corrected chi connectivity index (χ0v) is 24.5. The van der Waals surface area contributed by atoms with Crippen molar-refractivity contribution in [1.82, 2.24) is 4.90 Å². The Morgan fingerprint density at radius 1 is 0.488 bits per heavy atom. The fourth-order valence-corrected chi connectivity index (χ4v) is 8.49. The van der Waals surface area contributed by atoms with Gasteiger partial charge in [0.1, 0.15) is 0 Å². The summed E-state index contributed by atoms with van der Waals surface area (Å²) >= 11 is 0. The maximum atomic E-state index is 2.53. The standard InChI is InChI=1S/C42H33N/c1-43(27-33-14-10-13-32-24-29-11-2-4-15-34(29)41(32)33)26-28-21-22-31-25-30-12-3-7-18-37(30)42(40(31)23-28)38-19-8-5-16-35(38)36-17-6-9-20-39(36)42/h2-23H,24-27H2,1H3. The molecule has 0 radical (unpaired) electrons. The van der Waals surface area contributed by atoms with Gasteiger partial charge in [0.15, 0.2) is 0 Å². The van der Waals surface area contributed by atoms with Crippen LogP contribution >= 0.6 is 0 Å². The molecule has 3 aliphatic carbocycles. The van der Waals surface area contributed by atoms with Gasteiger partial charge in [-0.2, -0.15) is 0 Å². The summed E-state index contributed by atoms with van der Waals surface area (Å²) in [5, 5.41) is 0. The second-order valence-electron chi connectivity index (χ2n) is 12.6. The van der Waals surface area contributed by atoms with Gasteiger partial charge in [0.05, 0.1) is 5.41 Å². The van der Waals surface area contributed by atoms with Crippen LogP contribution in [-0.2, 0) is 31.3 Å². The average molecular weight is 552 g/mol. The predicted molar refractivity (Wildman–Crippen MR) is 176 cm³/mol. The molecule has 0 saturated heterocycles. The van der Waals surface area contributed by atoms with Crippen molar-refractivity contribution < 1.29 is 0 Å². The van der Waals surface area contributed by atoms with E-state index in [9.17, 15) is 0 Å². The monoisotopic (exact) mass is 551 g/mol. The van der Waals surface area contributed by atoms with Gasteiger partial charge < -0.3 is 0 Å². The summed E-state index contributed by atoms with van der Waals surface area (Å²) in [6.07, 6.45) is 2.02. The molecule has 1 nitrogen and oxygen atoms in total. The summed E-state index contributed by atoms with van der Waals surface area (Å²) in [6.45, 7) is 1.83. The van der Waals surface area contributed by atoms with Gasteiger partial charge in [-0.15, -0.1) is 0 Å². The first-order chi connectivity index (χ1) is 21.2. The Balaban J connectivity index is 1.14. The summed E-state index contributed by atoms with van der Waals surface area (Å²) in [4.78, 5) is 2.48. The smallest absolute Gasteiger partial charge is 0.0719 e. The molecule has 0 amide bonds. The number of fused-ring (bicyclic) bond motifs is 12. The second-order valence-corrected chi connectivity index (χ2v) is 12.6. The zero-order valence-electron chi connectivity index (χ0n) is 24.5. The van der Waals surface area contributed by atoms with Gasteiger partial charge in [-0.25, -0.2) is 0 Å². The lowest BCUT2D eigenvalue weighted by Crippen LogP contribution is -2.34. The Morgan fingerprint density at radius 2 is 1.07 bits per heavy atom. The summed E-state index contributed by atoms with van der Waals surface area (Å²) in [7, 11) is 2.27. The number of nitrogens with zero attached hydrogens (tertiary/aromatic N) is 1. The third kappa shape index (κ3) is 3.55. The van der Waals surface area contributed by atoms with Crippen LogP contribution in [0.1, 0.15) is 55.6 Å². The minimum absolute atomic E-state index is 0.296. The molecule has 0 N–H and O–H groups in total. The molecule has 1 spiro atoms. The molecule has 3 aliphatic rings. The van der Waals surface area contributed by atoms with Crippen molar-refractivity contribution in [2.45, 2.75) is 31.3 Å². The third-order valence-corrected chi connectivity index (χ3v) is 10.1. The quantitative estimate of drug-likeness (QED) is 0.211. The van der Waals surface area contributed by atoms with Crippen LogP contribution < -0.4 is 0 Å². The van der Waals surface area contributed by atoms with E-state index in [-0.39, 0.29) is 5.41 Å². The molecule has 0 fully saturated rings. The lowest BCUT2D eigenvalue weighted by Gasteiger charge is -2.40. The largest absolute Gasteiger partial charge is 0.298 e. The van der Waals surface area contributed by atoms with E-state index in [4.69, 9.17) is 0 Å². The van der Waals surface area contributed by atoms with Crippen LogP contribution in [0.25, 0.3) is 22.3 Å². The van der Waals surface area contributed by atoms with Gasteiger partial charge in [-0.1, -0.05) is 133 Å². The highest BCUT2D eigenvalue weighted by atomic mass is 15.1. The number of hydrogen-bond donors (Lipinski definition) is 0. The van der Waals surface area contributed by atoms with Gasteiger partial charge in [0.2, 0.25) is 0 Å². The van der Waals surface area contributed by atoms with Crippen molar-refractivity contribution in [3.05, 3.63) is 189 Å². The molecule has 0 saturated carbocycles. The molecule has 0 aromatic heterocycles. The Kier molecular flexibility index (Phi) is 5.43. The molecule has 0 aliphatic heterocycles. The van der Waals surface area contributed by atoms with Crippen molar-refractivity contribution in [3.8, 4) is 22.3 Å². The van der Waals surface area contributed by atoms with Crippen LogP contribution in [0, 0.1) is 0 Å². The zero-order chi connectivity index (χ0) is 28.5. The molecule has 1 heteroatoms. The molecule has 9 rings (SSSR count). The summed E-state index contributed by atoms with van der Waals surface area (Å²) in [5.41, 5.74) is 19.6. The normalized spacial score (nSPS) is 14.6. The van der Waals surface area contributed by atoms with Crippen LogP contribution in [0.15, 0.2) is 133 Å². The summed E-state index contributed by atoms with van der Waals surface area (Å²) < 4.78 is 0. The van der Waals surface area contributed by atoms with E-state index >= 15 is 0 Å². The lowest BCUT2D eigenvalue weighted by atomic mass is 9.61. The summed E-state index contributed by atoms with van der Waals surface area (Å²) in [5.74, 6) is 0. The van der Waals surface area contributed by atoms with Crippen LogP contribution in [0.2, 0.25) is 0 Å². The van der Waals surface area contributed by atoms with E-state index in [1.807, 2.05) is 0 Å². The van der Waals surface area contributed by atoms with Crippen molar-refractivity contribution in [2.24, 2.45) is 0 Å². The van der Waals surface area contributed by atoms with Gasteiger partial charge in [0.25, 0.3) is 0 Å². The molecule has 0 bridgehead atoms. The maximum absolute atomic E-state index is 2.53. The third-order valence-electron chi connectivity index (χ3n) is 10.1. The highest BCUT2D eigenvalue weighted by Gasteiger charge is 2.49. The van der Waals surface area contributed by atoms with Gasteiger partial charge in [0, 0.05) is 13.1 Å². The molecule has 206 valence electrons. The Bertz CT molecular complexity index is 2020. The van der Waals surface area contributed by atoms with Crippen molar-refractivity contribution >= 4 is 0 Å². The summed E-state index contributed by atoms with van der Waals surface area (Å²) in [6, 6.07) is 50.4. The first kappa shape index (κ1) is 24.8. The van der Waals surface area contributed by atoms with Gasteiger partial charge in [-0.05, 0) is 97.8 Å². The SMILES string of the molecule is CN(Cc1ccc2c(c1)C1(c3ccccc3C2)c2ccccc2-c2ccccc21)Cc1cccc2c1-c1ccccc1C2. The molecule has 0 unspecified atom stereocenters. The van der Waals surface area contributed by atoms with Crippen molar-refractivity contribution in [2.75, 3.05) is 7.05 Å². The van der Waals surface area contributed by atoms with Crippen LogP contribution in [-0.4, -0.2) is 11.9 Å². The first-order valence-electron chi connectivity index (χ1n) is 15.5. The topological polar surface area (TPSA) is 3.24 Å². The number of benzene rings is 6. The molecule has 0 heterocycles. The van der Waals surface area contributed by atoms with Crippen molar-refractivity contribution in [3.63, 3.8) is 0 Å². The maximum Gasteiger partial charge on any atom is 0.0719 e. The van der Waals surface area contributed by atoms with Crippen molar-refractivity contribution in [1.29, 1.82) is 0 Å². The molecule has 6 aromatic rings. The van der Waals surface area contributed by atoms with E-state index < -0.39 is 0 Å². The molecular weight excluding hydrogens is 518 g/mol. The van der Waals surface area contributed by atoms with E-state index in [0.29, 0.717) is 0 Å². The molecular formula is C42H33N. The minimum atomic E-state index is -0.296. The molecule has 43 heavy (non-hydrogen) atoms. The highest BCUT2D eigenvalue weighted by Crippen LogP contribution is 2.59. The number of hydrogen-bond acceptors (Lipinski definition) is 1. The lowest BCUT2D eigenvalue weighted by molar-refractivity contribution is 0.319. The van der Waals surface area contributed by atoms with E-state index in [0.717, 1.165) is 25.9 Å². The van der Waals surface area contributed by atoms with E-state index in [1.54, 1.807) is 0 Å². The molecule has 0 atom stereocenters. The number of rotatable bonds is 4. The molecule has 6 aromatic carbocycles. The fourth-order valence-electron chi connectivity index (χ4n) is 8.49. The Hall–Kier alpha value is -4.72. The van der Waals surface area contributed by atoms with Gasteiger partial charge >= 0.3 is 0 Å². The van der Waals surface area contributed by atoms with E-state index in [2.05, 4.69) is 145 Å². The second kappa shape index (κ2) is 9.39. The Labute approximate surface area is 254 Å².